The molecule has 0 N–H and O–H groups in total. The molecule has 0 radical (unpaired) electrons. The minimum Gasteiger partial charge on any atom is -0.381 e. The highest BCUT2D eigenvalue weighted by Gasteiger charge is 2.32. The maximum Gasteiger partial charge on any atom is 0.257 e. The number of fused-ring (bicyclic) bond motifs is 1. The monoisotopic (exact) mass is 429 g/mol. The lowest BCUT2D eigenvalue weighted by Gasteiger charge is -2.31. The van der Waals surface area contributed by atoms with E-state index in [1.165, 1.54) is 0 Å². The highest BCUT2D eigenvalue weighted by atomic mass is 16.5. The molecule has 2 aliphatic rings. The van der Waals surface area contributed by atoms with Gasteiger partial charge in [0.1, 0.15) is 5.82 Å². The lowest BCUT2D eigenvalue weighted by Crippen LogP contribution is -2.44. The van der Waals surface area contributed by atoms with Crippen LogP contribution < -0.4 is 5.56 Å². The van der Waals surface area contributed by atoms with E-state index in [0.717, 1.165) is 28.8 Å². The Bertz CT molecular complexity index is 1130. The van der Waals surface area contributed by atoms with E-state index in [1.807, 2.05) is 77.1 Å². The van der Waals surface area contributed by atoms with E-state index in [0.29, 0.717) is 38.5 Å². The Hall–Kier alpha value is -3.25. The molecule has 2 aromatic carbocycles. The first kappa shape index (κ1) is 20.6. The average Bonchev–Trinajstić information content (AvgIpc) is 3.37. The third kappa shape index (κ3) is 3.75. The van der Waals surface area contributed by atoms with Crippen molar-refractivity contribution in [1.82, 2.24) is 14.5 Å². The second-order valence-electron chi connectivity index (χ2n) is 8.55. The Morgan fingerprint density at radius 2 is 1.72 bits per heavy atom. The number of benzene rings is 2. The van der Waals surface area contributed by atoms with Crippen molar-refractivity contribution < 1.29 is 9.53 Å². The summed E-state index contributed by atoms with van der Waals surface area (Å²) in [5.74, 6) is 0.701. The van der Waals surface area contributed by atoms with Crippen molar-refractivity contribution in [2.45, 2.75) is 32.4 Å². The molecular formula is C26H27N3O3. The molecule has 2 aliphatic heterocycles. The summed E-state index contributed by atoms with van der Waals surface area (Å²) in [7, 11) is 0. The summed E-state index contributed by atoms with van der Waals surface area (Å²) in [5.41, 5.74) is 3.52. The number of nitrogens with zero attached hydrogens (tertiary/aromatic N) is 3. The Morgan fingerprint density at radius 1 is 1.06 bits per heavy atom. The SMILES string of the molecule is Cc1nc2c(c(=O)n1C(c1ccccc1)c1ccccc1)CCN(C(=O)C1CCOC1)C2. The highest BCUT2D eigenvalue weighted by molar-refractivity contribution is 5.79. The number of aryl methyl sites for hydroxylation is 1. The van der Waals surface area contributed by atoms with Gasteiger partial charge in [0, 0.05) is 18.7 Å². The number of rotatable bonds is 4. The van der Waals surface area contributed by atoms with Crippen LogP contribution in [0.4, 0.5) is 0 Å². The van der Waals surface area contributed by atoms with Crippen molar-refractivity contribution in [3.8, 4) is 0 Å². The Kier molecular flexibility index (Phi) is 5.62. The molecule has 1 saturated heterocycles. The molecule has 1 atom stereocenters. The minimum atomic E-state index is -0.252. The number of ether oxygens (including phenoxy) is 1. The van der Waals surface area contributed by atoms with Crippen LogP contribution in [0.25, 0.3) is 0 Å². The van der Waals surface area contributed by atoms with Gasteiger partial charge in [-0.1, -0.05) is 60.7 Å². The fourth-order valence-electron chi connectivity index (χ4n) is 4.86. The number of hydrogen-bond acceptors (Lipinski definition) is 4. The Morgan fingerprint density at radius 3 is 2.31 bits per heavy atom. The summed E-state index contributed by atoms with van der Waals surface area (Å²) in [6.45, 7) is 3.95. The van der Waals surface area contributed by atoms with Crippen molar-refractivity contribution in [2.24, 2.45) is 5.92 Å². The van der Waals surface area contributed by atoms with Crippen LogP contribution in [-0.2, 0) is 22.5 Å². The molecule has 6 nitrogen and oxygen atoms in total. The Labute approximate surface area is 187 Å². The zero-order chi connectivity index (χ0) is 22.1. The molecule has 0 bridgehead atoms. The van der Waals surface area contributed by atoms with Crippen LogP contribution in [0.15, 0.2) is 65.5 Å². The minimum absolute atomic E-state index is 0.0125. The molecule has 1 aromatic heterocycles. The zero-order valence-electron chi connectivity index (χ0n) is 18.2. The molecule has 1 amide bonds. The van der Waals surface area contributed by atoms with Gasteiger partial charge in [-0.15, -0.1) is 0 Å². The number of aromatic nitrogens is 2. The van der Waals surface area contributed by atoms with Gasteiger partial charge in [0.15, 0.2) is 0 Å². The summed E-state index contributed by atoms with van der Waals surface area (Å²) < 4.78 is 7.20. The first-order valence-corrected chi connectivity index (χ1v) is 11.2. The van der Waals surface area contributed by atoms with E-state index in [4.69, 9.17) is 9.72 Å². The maximum atomic E-state index is 13.8. The molecule has 1 unspecified atom stereocenters. The zero-order valence-corrected chi connectivity index (χ0v) is 18.2. The molecule has 0 saturated carbocycles. The molecule has 3 heterocycles. The molecule has 32 heavy (non-hydrogen) atoms. The molecule has 5 rings (SSSR count). The van der Waals surface area contributed by atoms with E-state index in [9.17, 15) is 9.59 Å². The Balaban J connectivity index is 1.55. The largest absolute Gasteiger partial charge is 0.381 e. The number of hydrogen-bond donors (Lipinski definition) is 0. The van der Waals surface area contributed by atoms with E-state index in [-0.39, 0.29) is 23.4 Å². The van der Waals surface area contributed by atoms with Crippen molar-refractivity contribution in [3.05, 3.63) is 99.2 Å². The smallest absolute Gasteiger partial charge is 0.257 e. The van der Waals surface area contributed by atoms with Crippen LogP contribution in [0.2, 0.25) is 0 Å². The van der Waals surface area contributed by atoms with E-state index >= 15 is 0 Å². The standard InChI is InChI=1S/C26H27N3O3/c1-18-27-23-16-28(25(30)21-13-15-32-17-21)14-12-22(23)26(31)29(18)24(19-8-4-2-5-9-19)20-10-6-3-7-11-20/h2-11,21,24H,12-17H2,1H3. The highest BCUT2D eigenvalue weighted by Crippen LogP contribution is 2.28. The first-order chi connectivity index (χ1) is 15.6. The molecule has 3 aromatic rings. The van der Waals surface area contributed by atoms with Crippen LogP contribution in [0, 0.1) is 12.8 Å². The number of amides is 1. The van der Waals surface area contributed by atoms with Gasteiger partial charge in [-0.25, -0.2) is 4.98 Å². The van der Waals surface area contributed by atoms with Gasteiger partial charge in [-0.05, 0) is 30.9 Å². The number of carbonyl (C=O) groups is 1. The fourth-order valence-corrected chi connectivity index (χ4v) is 4.86. The summed E-state index contributed by atoms with van der Waals surface area (Å²) >= 11 is 0. The van der Waals surface area contributed by atoms with Crippen LogP contribution in [0.1, 0.15) is 40.7 Å². The van der Waals surface area contributed by atoms with Crippen molar-refractivity contribution in [3.63, 3.8) is 0 Å². The van der Waals surface area contributed by atoms with E-state index in [1.54, 1.807) is 0 Å². The second kappa shape index (κ2) is 8.71. The molecular weight excluding hydrogens is 402 g/mol. The van der Waals surface area contributed by atoms with Crippen molar-refractivity contribution in [1.29, 1.82) is 0 Å². The second-order valence-corrected chi connectivity index (χ2v) is 8.55. The van der Waals surface area contributed by atoms with Gasteiger partial charge in [0.25, 0.3) is 5.56 Å². The van der Waals surface area contributed by atoms with E-state index < -0.39 is 0 Å². The van der Waals surface area contributed by atoms with Crippen molar-refractivity contribution >= 4 is 5.91 Å². The van der Waals surface area contributed by atoms with Crippen LogP contribution in [0.5, 0.6) is 0 Å². The quantitative estimate of drug-likeness (QED) is 0.639. The van der Waals surface area contributed by atoms with Gasteiger partial charge >= 0.3 is 0 Å². The lowest BCUT2D eigenvalue weighted by atomic mass is 9.97. The summed E-state index contributed by atoms with van der Waals surface area (Å²) in [6.07, 6.45) is 1.29. The third-order valence-corrected chi connectivity index (χ3v) is 6.52. The van der Waals surface area contributed by atoms with Crippen LogP contribution in [-0.4, -0.2) is 40.1 Å². The van der Waals surface area contributed by atoms with Crippen LogP contribution in [0.3, 0.4) is 0 Å². The van der Waals surface area contributed by atoms with E-state index in [2.05, 4.69) is 0 Å². The van der Waals surface area contributed by atoms with Gasteiger partial charge in [-0.2, -0.15) is 0 Å². The van der Waals surface area contributed by atoms with Crippen molar-refractivity contribution in [2.75, 3.05) is 19.8 Å². The maximum absolute atomic E-state index is 13.8. The summed E-state index contributed by atoms with van der Waals surface area (Å²) in [5, 5.41) is 0. The first-order valence-electron chi connectivity index (χ1n) is 11.2. The molecule has 6 heteroatoms. The normalized spacial score (nSPS) is 18.1. The van der Waals surface area contributed by atoms with Gasteiger partial charge in [-0.3, -0.25) is 14.2 Å². The predicted octanol–water partition coefficient (Wildman–Crippen LogP) is 3.11. The number of carbonyl (C=O) groups excluding carboxylic acids is 1. The fraction of sp³-hybridized carbons (Fsp3) is 0.346. The average molecular weight is 430 g/mol. The van der Waals surface area contributed by atoms with Gasteiger partial charge in [0.2, 0.25) is 5.91 Å². The van der Waals surface area contributed by atoms with Crippen LogP contribution >= 0.6 is 0 Å². The molecule has 0 spiro atoms. The molecule has 164 valence electrons. The summed E-state index contributed by atoms with van der Waals surface area (Å²) in [6, 6.07) is 19.9. The lowest BCUT2D eigenvalue weighted by molar-refractivity contribution is -0.136. The summed E-state index contributed by atoms with van der Waals surface area (Å²) in [4.78, 5) is 33.3. The van der Waals surface area contributed by atoms with Gasteiger partial charge < -0.3 is 9.64 Å². The molecule has 0 aliphatic carbocycles. The van der Waals surface area contributed by atoms with Gasteiger partial charge in [0.05, 0.1) is 30.8 Å². The molecule has 1 fully saturated rings. The predicted molar refractivity (Wildman–Crippen MR) is 121 cm³/mol. The topological polar surface area (TPSA) is 64.4 Å². The third-order valence-electron chi connectivity index (χ3n) is 6.52.